The Morgan fingerprint density at radius 3 is 1.48 bits per heavy atom. The molecule has 0 amide bonds. The third-order valence-electron chi connectivity index (χ3n) is 2.50. The largest absolute Gasteiger partial charge is 0.296 e. The number of nitrogens with zero attached hydrogens (tertiary/aromatic N) is 2. The molecule has 2 rings (SSSR count). The molecule has 2 aromatic carbocycles. The normalized spacial score (nSPS) is 10.2. The second kappa shape index (κ2) is 6.62. The van der Waals surface area contributed by atoms with Crippen LogP contribution in [0.3, 0.4) is 0 Å². The zero-order chi connectivity index (χ0) is 17.0. The van der Waals surface area contributed by atoms with Crippen LogP contribution < -0.4 is 9.78 Å². The summed E-state index contributed by atoms with van der Waals surface area (Å²) >= 11 is 0. The predicted molar refractivity (Wildman–Crippen MR) is 68.4 cm³/mol. The van der Waals surface area contributed by atoms with E-state index < -0.39 is 44.4 Å². The quantitative estimate of drug-likeness (QED) is 0.454. The van der Waals surface area contributed by atoms with Gasteiger partial charge in [0.25, 0.3) is 11.4 Å². The van der Waals surface area contributed by atoms with Crippen molar-refractivity contribution in [3.8, 4) is 11.5 Å². The molecule has 0 aliphatic carbocycles. The van der Waals surface area contributed by atoms with Crippen LogP contribution in [0, 0.1) is 31.9 Å². The summed E-state index contributed by atoms with van der Waals surface area (Å²) in [5.74, 6) is -3.30. The van der Waals surface area contributed by atoms with Crippen LogP contribution in [0.5, 0.6) is 11.5 Å². The summed E-state index contributed by atoms with van der Waals surface area (Å²) in [6.45, 7) is 0. The molecule has 0 atom stereocenters. The van der Waals surface area contributed by atoms with Crippen molar-refractivity contribution in [2.75, 3.05) is 0 Å². The van der Waals surface area contributed by atoms with Gasteiger partial charge in [-0.1, -0.05) is 0 Å². The Bertz CT molecular complexity index is 706. The van der Waals surface area contributed by atoms with E-state index in [0.29, 0.717) is 12.1 Å². The van der Waals surface area contributed by atoms with Crippen molar-refractivity contribution >= 4 is 11.4 Å². The monoisotopic (exact) mass is 328 g/mol. The molecule has 0 radical (unpaired) electrons. The molecule has 0 saturated heterocycles. The molecule has 11 heteroatoms. The molecule has 0 saturated carbocycles. The van der Waals surface area contributed by atoms with E-state index in [2.05, 4.69) is 14.8 Å². The maximum Gasteiger partial charge on any atom is 0.272 e. The van der Waals surface area contributed by atoms with Gasteiger partial charge < -0.3 is 0 Å². The number of hydrogen-bond donors (Lipinski definition) is 0. The Morgan fingerprint density at radius 1 is 0.783 bits per heavy atom. The van der Waals surface area contributed by atoms with E-state index in [4.69, 9.17) is 0 Å². The first-order valence-corrected chi connectivity index (χ1v) is 5.77. The third kappa shape index (κ3) is 3.85. The Labute approximate surface area is 125 Å². The number of nitro groups is 2. The molecule has 0 aromatic heterocycles. The molecule has 0 aliphatic heterocycles. The van der Waals surface area contributed by atoms with E-state index in [1.54, 1.807) is 0 Å². The maximum absolute atomic E-state index is 13.4. The van der Waals surface area contributed by atoms with Gasteiger partial charge in [-0.05, 0) is 12.1 Å². The van der Waals surface area contributed by atoms with Crippen LogP contribution in [-0.2, 0) is 5.04 Å². The highest BCUT2D eigenvalue weighted by Gasteiger charge is 2.15. The molecule has 0 unspecified atom stereocenters. The van der Waals surface area contributed by atoms with E-state index in [1.165, 1.54) is 0 Å². The fraction of sp³-hybridized carbons (Fsp3) is 0. The van der Waals surface area contributed by atoms with Crippen molar-refractivity contribution in [3.63, 3.8) is 0 Å². The van der Waals surface area contributed by atoms with Gasteiger partial charge in [0, 0.05) is 17.2 Å². The minimum absolute atomic E-state index is 0.503. The highest BCUT2D eigenvalue weighted by Crippen LogP contribution is 2.25. The van der Waals surface area contributed by atoms with Crippen LogP contribution in [0.2, 0.25) is 0 Å². The Kier molecular flexibility index (Phi) is 4.61. The van der Waals surface area contributed by atoms with Crippen LogP contribution in [0.15, 0.2) is 36.4 Å². The highest BCUT2D eigenvalue weighted by molar-refractivity contribution is 5.38. The summed E-state index contributed by atoms with van der Waals surface area (Å²) in [5, 5.41) is 25.0. The van der Waals surface area contributed by atoms with E-state index in [0.717, 1.165) is 24.3 Å². The van der Waals surface area contributed by atoms with E-state index >= 15 is 0 Å². The van der Waals surface area contributed by atoms with Crippen LogP contribution in [0.4, 0.5) is 20.2 Å². The van der Waals surface area contributed by atoms with E-state index in [1.807, 2.05) is 0 Å². The molecule has 9 nitrogen and oxygen atoms in total. The lowest BCUT2D eigenvalue weighted by atomic mass is 10.3. The molecule has 0 fully saturated rings. The highest BCUT2D eigenvalue weighted by atomic mass is 19.1. The lowest BCUT2D eigenvalue weighted by Gasteiger charge is -2.05. The summed E-state index contributed by atoms with van der Waals surface area (Å²) in [6.07, 6.45) is 0. The van der Waals surface area contributed by atoms with Gasteiger partial charge in [-0.25, -0.2) is 8.78 Å². The number of hydrogen-bond acceptors (Lipinski definition) is 7. The van der Waals surface area contributed by atoms with Gasteiger partial charge in [-0.2, -0.15) is 0 Å². The first-order chi connectivity index (χ1) is 10.9. The second-order valence-corrected chi connectivity index (χ2v) is 3.98. The van der Waals surface area contributed by atoms with Crippen molar-refractivity contribution in [1.82, 2.24) is 0 Å². The molecular formula is C12H6F2N2O7. The molecule has 0 heterocycles. The Balaban J connectivity index is 2.00. The minimum Gasteiger partial charge on any atom is -0.296 e. The molecular weight excluding hydrogens is 322 g/mol. The SMILES string of the molecule is O=[N+]([O-])c1ccc(OOOc2ccc([N+](=O)[O-])cc2F)c(F)c1. The summed E-state index contributed by atoms with van der Waals surface area (Å²) in [5.41, 5.74) is -1.01. The fourth-order valence-electron chi connectivity index (χ4n) is 1.43. The van der Waals surface area contributed by atoms with E-state index in [-0.39, 0.29) is 0 Å². The second-order valence-electron chi connectivity index (χ2n) is 3.98. The van der Waals surface area contributed by atoms with E-state index in [9.17, 15) is 29.0 Å². The molecule has 0 spiro atoms. The van der Waals surface area contributed by atoms with Crippen molar-refractivity contribution in [2.45, 2.75) is 0 Å². The maximum atomic E-state index is 13.4. The fourth-order valence-corrected chi connectivity index (χ4v) is 1.43. The minimum atomic E-state index is -1.10. The summed E-state index contributed by atoms with van der Waals surface area (Å²) in [7, 11) is 0. The van der Waals surface area contributed by atoms with Crippen molar-refractivity contribution in [2.24, 2.45) is 0 Å². The standard InChI is InChI=1S/C12H6F2N2O7/c13-9-5-7(15(17)18)1-3-11(9)21-23-22-12-4-2-8(16(19)20)6-10(12)14/h1-6H. The van der Waals surface area contributed by atoms with Crippen LogP contribution in [-0.4, -0.2) is 9.85 Å². The van der Waals surface area contributed by atoms with Gasteiger partial charge in [-0.15, -0.1) is 0 Å². The smallest absolute Gasteiger partial charge is 0.272 e. The number of non-ortho nitro benzene ring substituents is 2. The van der Waals surface area contributed by atoms with Crippen LogP contribution >= 0.6 is 0 Å². The van der Waals surface area contributed by atoms with Crippen LogP contribution in [0.25, 0.3) is 0 Å². The zero-order valence-corrected chi connectivity index (χ0v) is 11.0. The third-order valence-corrected chi connectivity index (χ3v) is 2.50. The number of halogens is 2. The van der Waals surface area contributed by atoms with Gasteiger partial charge in [-0.3, -0.25) is 30.0 Å². The molecule has 0 bridgehead atoms. The lowest BCUT2D eigenvalue weighted by Crippen LogP contribution is -2.05. The first kappa shape index (κ1) is 16.0. The molecule has 0 aliphatic rings. The van der Waals surface area contributed by atoms with Crippen molar-refractivity contribution in [1.29, 1.82) is 0 Å². The predicted octanol–water partition coefficient (Wildman–Crippen LogP) is 3.09. The average molecular weight is 328 g/mol. The summed E-state index contributed by atoms with van der Waals surface area (Å²) in [6, 6.07) is 4.89. The lowest BCUT2D eigenvalue weighted by molar-refractivity contribution is -0.413. The summed E-state index contributed by atoms with van der Waals surface area (Å²) < 4.78 is 26.9. The number of benzene rings is 2. The Morgan fingerprint density at radius 2 is 1.17 bits per heavy atom. The van der Waals surface area contributed by atoms with Gasteiger partial charge >= 0.3 is 0 Å². The van der Waals surface area contributed by atoms with Crippen molar-refractivity contribution in [3.05, 3.63) is 68.3 Å². The van der Waals surface area contributed by atoms with Crippen molar-refractivity contribution < 1.29 is 33.4 Å². The molecule has 120 valence electrons. The number of rotatable bonds is 6. The average Bonchev–Trinajstić information content (AvgIpc) is 2.49. The first-order valence-electron chi connectivity index (χ1n) is 5.77. The molecule has 0 N–H and O–H groups in total. The van der Waals surface area contributed by atoms with Crippen LogP contribution in [0.1, 0.15) is 0 Å². The molecule has 2 aromatic rings. The topological polar surface area (TPSA) is 114 Å². The zero-order valence-electron chi connectivity index (χ0n) is 11.0. The van der Waals surface area contributed by atoms with Gasteiger partial charge in [0.2, 0.25) is 11.5 Å². The Hall–Kier alpha value is -3.34. The van der Waals surface area contributed by atoms with Gasteiger partial charge in [0.1, 0.15) is 0 Å². The number of nitro benzene ring substituents is 2. The molecule has 23 heavy (non-hydrogen) atoms. The van der Waals surface area contributed by atoms with Gasteiger partial charge in [0.05, 0.1) is 22.0 Å². The van der Waals surface area contributed by atoms with Gasteiger partial charge in [0.15, 0.2) is 11.6 Å². The summed E-state index contributed by atoms with van der Waals surface area (Å²) in [4.78, 5) is 28.0.